The first-order valence-electron chi connectivity index (χ1n) is 6.18. The van der Waals surface area contributed by atoms with Crippen molar-refractivity contribution < 1.29 is 14.3 Å². The highest BCUT2D eigenvalue weighted by Crippen LogP contribution is 2.26. The molecule has 8 heteroatoms. The van der Waals surface area contributed by atoms with E-state index in [4.69, 9.17) is 16.3 Å². The van der Waals surface area contributed by atoms with E-state index < -0.39 is 0 Å². The Morgan fingerprint density at radius 3 is 2.64 bits per heavy atom. The topological polar surface area (TPSA) is 68.3 Å². The summed E-state index contributed by atoms with van der Waals surface area (Å²) in [5.41, 5.74) is 0.820. The monoisotopic (exact) mass is 352 g/mol. The molecule has 5 nitrogen and oxygen atoms in total. The maximum atomic E-state index is 11.5. The van der Waals surface area contributed by atoms with Gasteiger partial charge in [-0.2, -0.15) is 0 Å². The van der Waals surface area contributed by atoms with E-state index in [-0.39, 0.29) is 11.1 Å². The number of ether oxygens (including phenoxy) is 1. The highest BCUT2D eigenvalue weighted by Gasteiger charge is 2.24. The molecule has 0 radical (unpaired) electrons. The summed E-state index contributed by atoms with van der Waals surface area (Å²) in [6, 6.07) is 7.24. The van der Waals surface area contributed by atoms with Crippen LogP contribution in [0.2, 0.25) is 4.47 Å². The van der Waals surface area contributed by atoms with Crippen LogP contribution in [-0.4, -0.2) is 16.1 Å². The number of amides is 2. The van der Waals surface area contributed by atoms with Crippen LogP contribution in [0, 0.1) is 0 Å². The Balaban J connectivity index is 1.64. The number of rotatable bonds is 4. The normalized spacial score (nSPS) is 16.1. The molecule has 1 N–H and O–H groups in total. The Morgan fingerprint density at radius 1 is 1.27 bits per heavy atom. The standard InChI is InChI=1S/C14H9ClN2O3S2/c15-13-16-6-10(21-13)7-20-9-3-1-8(2-4-9)5-11-12(18)17-14(19)22-11/h1-6H,7H2,(H,17,18,19). The summed E-state index contributed by atoms with van der Waals surface area (Å²) in [6.45, 7) is 0.400. The Hall–Kier alpha value is -1.83. The average molecular weight is 353 g/mol. The van der Waals surface area contributed by atoms with Gasteiger partial charge in [-0.25, -0.2) is 4.98 Å². The van der Waals surface area contributed by atoms with Crippen molar-refractivity contribution in [2.24, 2.45) is 0 Å². The molecule has 2 aromatic rings. The van der Waals surface area contributed by atoms with Crippen molar-refractivity contribution in [1.29, 1.82) is 0 Å². The smallest absolute Gasteiger partial charge is 0.290 e. The van der Waals surface area contributed by atoms with Gasteiger partial charge in [0.25, 0.3) is 11.1 Å². The lowest BCUT2D eigenvalue weighted by molar-refractivity contribution is -0.115. The molecule has 1 saturated heterocycles. The van der Waals surface area contributed by atoms with Crippen LogP contribution in [0.3, 0.4) is 0 Å². The number of thioether (sulfide) groups is 1. The molecule has 112 valence electrons. The number of benzene rings is 1. The second kappa shape index (κ2) is 6.51. The molecule has 0 saturated carbocycles. The van der Waals surface area contributed by atoms with E-state index >= 15 is 0 Å². The Morgan fingerprint density at radius 2 is 2.05 bits per heavy atom. The molecule has 1 aliphatic heterocycles. The largest absolute Gasteiger partial charge is 0.488 e. The van der Waals surface area contributed by atoms with Crippen molar-refractivity contribution in [2.75, 3.05) is 0 Å². The number of hydrogen-bond donors (Lipinski definition) is 1. The second-order valence-corrected chi connectivity index (χ2v) is 7.00. The van der Waals surface area contributed by atoms with E-state index in [1.54, 1.807) is 24.4 Å². The average Bonchev–Trinajstić information content (AvgIpc) is 3.04. The van der Waals surface area contributed by atoms with Crippen molar-refractivity contribution in [3.8, 4) is 5.75 Å². The van der Waals surface area contributed by atoms with Crippen LogP contribution in [0.15, 0.2) is 35.4 Å². The van der Waals surface area contributed by atoms with E-state index in [0.717, 1.165) is 22.2 Å². The molecule has 2 heterocycles. The van der Waals surface area contributed by atoms with Crippen molar-refractivity contribution in [3.63, 3.8) is 0 Å². The molecule has 0 bridgehead atoms. The number of nitrogens with one attached hydrogen (secondary N) is 1. The van der Waals surface area contributed by atoms with Crippen molar-refractivity contribution >= 4 is 51.9 Å². The molecule has 0 spiro atoms. The maximum absolute atomic E-state index is 11.5. The summed E-state index contributed by atoms with van der Waals surface area (Å²) in [5, 5.41) is 1.87. The number of thiazole rings is 1. The molecular weight excluding hydrogens is 344 g/mol. The molecule has 2 amide bonds. The lowest BCUT2D eigenvalue weighted by Crippen LogP contribution is -2.17. The third-order valence-electron chi connectivity index (χ3n) is 2.73. The summed E-state index contributed by atoms with van der Waals surface area (Å²) < 4.78 is 6.11. The first-order valence-corrected chi connectivity index (χ1v) is 8.19. The van der Waals surface area contributed by atoms with Crippen LogP contribution in [0.5, 0.6) is 5.75 Å². The van der Waals surface area contributed by atoms with Gasteiger partial charge in [0, 0.05) is 6.20 Å². The van der Waals surface area contributed by atoms with Crippen LogP contribution in [-0.2, 0) is 11.4 Å². The van der Waals surface area contributed by atoms with E-state index in [1.165, 1.54) is 11.3 Å². The highest BCUT2D eigenvalue weighted by molar-refractivity contribution is 8.18. The van der Waals surface area contributed by atoms with Gasteiger partial charge in [-0.15, -0.1) is 11.3 Å². The zero-order chi connectivity index (χ0) is 15.5. The number of carbonyl (C=O) groups excluding carboxylic acids is 2. The fourth-order valence-electron chi connectivity index (χ4n) is 1.74. The van der Waals surface area contributed by atoms with Crippen molar-refractivity contribution in [3.05, 3.63) is 50.3 Å². The Bertz CT molecular complexity index is 756. The van der Waals surface area contributed by atoms with Crippen LogP contribution in [0.4, 0.5) is 4.79 Å². The summed E-state index contributed by atoms with van der Waals surface area (Å²) >= 11 is 8.02. The molecule has 1 aliphatic rings. The van der Waals surface area contributed by atoms with Crippen LogP contribution < -0.4 is 10.1 Å². The van der Waals surface area contributed by atoms with Gasteiger partial charge in [0.2, 0.25) is 0 Å². The first kappa shape index (κ1) is 15.1. The molecule has 0 aliphatic carbocycles. The molecule has 3 rings (SSSR count). The maximum Gasteiger partial charge on any atom is 0.290 e. The second-order valence-electron chi connectivity index (χ2n) is 4.29. The number of aromatic nitrogens is 1. The molecule has 1 fully saturated rings. The minimum absolute atomic E-state index is 0.348. The lowest BCUT2D eigenvalue weighted by Gasteiger charge is -2.04. The van der Waals surface area contributed by atoms with Crippen LogP contribution in [0.25, 0.3) is 6.08 Å². The van der Waals surface area contributed by atoms with Crippen molar-refractivity contribution in [2.45, 2.75) is 6.61 Å². The van der Waals surface area contributed by atoms with Gasteiger partial charge in [-0.1, -0.05) is 23.7 Å². The Kier molecular flexibility index (Phi) is 4.47. The number of hydrogen-bond acceptors (Lipinski definition) is 6. The van der Waals surface area contributed by atoms with Gasteiger partial charge in [0.15, 0.2) is 4.47 Å². The summed E-state index contributed by atoms with van der Waals surface area (Å²) in [5.74, 6) is 0.337. The fraction of sp³-hybridized carbons (Fsp3) is 0.0714. The van der Waals surface area contributed by atoms with Gasteiger partial charge < -0.3 is 4.74 Å². The first-order chi connectivity index (χ1) is 10.6. The molecule has 1 aromatic carbocycles. The third-order valence-corrected chi connectivity index (χ3v) is 4.63. The molecule has 0 atom stereocenters. The quantitative estimate of drug-likeness (QED) is 0.850. The number of imide groups is 1. The predicted molar refractivity (Wildman–Crippen MR) is 87.0 cm³/mol. The predicted octanol–water partition coefficient (Wildman–Crippen LogP) is 3.70. The third kappa shape index (κ3) is 3.68. The van der Waals surface area contributed by atoms with Gasteiger partial charge in [0.1, 0.15) is 12.4 Å². The minimum atomic E-state index is -0.364. The van der Waals surface area contributed by atoms with E-state index in [9.17, 15) is 9.59 Å². The summed E-state index contributed by atoms with van der Waals surface area (Å²) in [7, 11) is 0. The molecule has 22 heavy (non-hydrogen) atoms. The van der Waals surface area contributed by atoms with Crippen LogP contribution >= 0.6 is 34.7 Å². The van der Waals surface area contributed by atoms with Gasteiger partial charge in [-0.3, -0.25) is 14.9 Å². The SMILES string of the molecule is O=C1NC(=O)C(=Cc2ccc(OCc3cnc(Cl)s3)cc2)S1. The van der Waals surface area contributed by atoms with E-state index in [0.29, 0.717) is 21.7 Å². The molecule has 1 aromatic heterocycles. The zero-order valence-corrected chi connectivity index (χ0v) is 13.4. The van der Waals surface area contributed by atoms with Gasteiger partial charge >= 0.3 is 0 Å². The number of halogens is 1. The Labute approximate surface area is 139 Å². The van der Waals surface area contributed by atoms with Gasteiger partial charge in [0.05, 0.1) is 9.78 Å². The lowest BCUT2D eigenvalue weighted by atomic mass is 10.2. The number of carbonyl (C=O) groups is 2. The van der Waals surface area contributed by atoms with Crippen LogP contribution in [0.1, 0.15) is 10.4 Å². The summed E-state index contributed by atoms with van der Waals surface area (Å²) in [4.78, 5) is 27.8. The molecular formula is C14H9ClN2O3S2. The highest BCUT2D eigenvalue weighted by atomic mass is 35.5. The van der Waals surface area contributed by atoms with Gasteiger partial charge in [-0.05, 0) is 35.5 Å². The minimum Gasteiger partial charge on any atom is -0.488 e. The zero-order valence-electron chi connectivity index (χ0n) is 11.0. The summed E-state index contributed by atoms with van der Waals surface area (Å²) in [6.07, 6.45) is 3.34. The molecule has 0 unspecified atom stereocenters. The van der Waals surface area contributed by atoms with E-state index in [1.807, 2.05) is 12.1 Å². The number of nitrogens with zero attached hydrogens (tertiary/aromatic N) is 1. The fourth-order valence-corrected chi connectivity index (χ4v) is 3.31. The van der Waals surface area contributed by atoms with Crippen molar-refractivity contribution in [1.82, 2.24) is 10.3 Å². The van der Waals surface area contributed by atoms with E-state index in [2.05, 4.69) is 10.3 Å².